The molecular weight excluding hydrogens is 232 g/mol. The van der Waals surface area contributed by atoms with Gasteiger partial charge in [-0.25, -0.2) is 0 Å². The van der Waals surface area contributed by atoms with Crippen molar-refractivity contribution in [1.82, 2.24) is 9.78 Å². The van der Waals surface area contributed by atoms with Crippen LogP contribution in [0.5, 0.6) is 0 Å². The molecule has 2 nitrogen and oxygen atoms in total. The normalized spacial score (nSPS) is 10.8. The highest BCUT2D eigenvalue weighted by atomic mass is 35.5. The smallest absolute Gasteiger partial charge is 0.0677 e. The first-order valence-electron chi connectivity index (χ1n) is 5.89. The highest BCUT2D eigenvalue weighted by Crippen LogP contribution is 2.19. The van der Waals surface area contributed by atoms with Gasteiger partial charge in [0.1, 0.15) is 0 Å². The molecule has 0 saturated heterocycles. The Morgan fingerprint density at radius 3 is 2.53 bits per heavy atom. The molecule has 0 spiro atoms. The highest BCUT2D eigenvalue weighted by Gasteiger charge is 2.10. The van der Waals surface area contributed by atoms with E-state index in [4.69, 9.17) is 11.6 Å². The van der Waals surface area contributed by atoms with Crippen molar-refractivity contribution in [3.8, 4) is 0 Å². The van der Waals surface area contributed by atoms with Crippen LogP contribution < -0.4 is 0 Å². The first-order valence-corrected chi connectivity index (χ1v) is 6.27. The van der Waals surface area contributed by atoms with Crippen LogP contribution in [0.2, 0.25) is 5.02 Å². The number of hydrogen-bond acceptors (Lipinski definition) is 1. The monoisotopic (exact) mass is 248 g/mol. The molecule has 0 aliphatic rings. The largest absolute Gasteiger partial charge is 0.265 e. The molecule has 2 aromatic rings. The minimum absolute atomic E-state index is 0.742. The van der Waals surface area contributed by atoms with Crippen LogP contribution in [0.15, 0.2) is 24.3 Å². The van der Waals surface area contributed by atoms with Crippen LogP contribution in [0.4, 0.5) is 0 Å². The highest BCUT2D eigenvalue weighted by molar-refractivity contribution is 6.31. The van der Waals surface area contributed by atoms with Crippen LogP contribution in [-0.4, -0.2) is 9.78 Å². The molecular formula is C14H17ClN2. The van der Waals surface area contributed by atoms with Gasteiger partial charge in [-0.05, 0) is 37.5 Å². The summed E-state index contributed by atoms with van der Waals surface area (Å²) < 4.78 is 2.04. The molecule has 3 heteroatoms. The van der Waals surface area contributed by atoms with Crippen molar-refractivity contribution in [2.24, 2.45) is 0 Å². The summed E-state index contributed by atoms with van der Waals surface area (Å²) in [5.41, 5.74) is 4.82. The number of benzene rings is 1. The molecule has 0 aliphatic carbocycles. The fraction of sp³-hybridized carbons (Fsp3) is 0.357. The van der Waals surface area contributed by atoms with E-state index in [9.17, 15) is 0 Å². The molecule has 1 aromatic carbocycles. The Hall–Kier alpha value is -1.28. The van der Waals surface area contributed by atoms with Crippen molar-refractivity contribution in [3.05, 3.63) is 51.8 Å². The summed E-state index contributed by atoms with van der Waals surface area (Å²) in [5.74, 6) is 0. The lowest BCUT2D eigenvalue weighted by Crippen LogP contribution is -2.04. The van der Waals surface area contributed by atoms with Crippen LogP contribution in [0, 0.1) is 13.8 Å². The van der Waals surface area contributed by atoms with Crippen LogP contribution in [-0.2, 0) is 13.0 Å². The zero-order valence-electron chi connectivity index (χ0n) is 10.5. The summed E-state index contributed by atoms with van der Waals surface area (Å²) in [5, 5.41) is 5.38. The van der Waals surface area contributed by atoms with Gasteiger partial charge in [-0.2, -0.15) is 5.10 Å². The number of halogens is 1. The van der Waals surface area contributed by atoms with Crippen molar-refractivity contribution in [2.45, 2.75) is 33.7 Å². The summed E-state index contributed by atoms with van der Waals surface area (Å²) in [4.78, 5) is 0. The van der Waals surface area contributed by atoms with E-state index in [-0.39, 0.29) is 0 Å². The third-order valence-corrected chi connectivity index (χ3v) is 3.53. The lowest BCUT2D eigenvalue weighted by atomic mass is 10.1. The topological polar surface area (TPSA) is 17.8 Å². The van der Waals surface area contributed by atoms with Gasteiger partial charge in [0.05, 0.1) is 12.2 Å². The minimum Gasteiger partial charge on any atom is -0.265 e. The molecule has 0 atom stereocenters. The van der Waals surface area contributed by atoms with Crippen LogP contribution >= 0.6 is 11.6 Å². The van der Waals surface area contributed by atoms with Gasteiger partial charge < -0.3 is 0 Å². The van der Waals surface area contributed by atoms with Gasteiger partial charge in [-0.15, -0.1) is 0 Å². The quantitative estimate of drug-likeness (QED) is 0.809. The van der Waals surface area contributed by atoms with Gasteiger partial charge in [0, 0.05) is 10.7 Å². The van der Waals surface area contributed by atoms with Gasteiger partial charge in [-0.1, -0.05) is 36.7 Å². The van der Waals surface area contributed by atoms with Crippen molar-refractivity contribution < 1.29 is 0 Å². The second-order valence-corrected chi connectivity index (χ2v) is 4.66. The first kappa shape index (κ1) is 12.2. The van der Waals surface area contributed by atoms with Crippen molar-refractivity contribution in [1.29, 1.82) is 0 Å². The summed E-state index contributed by atoms with van der Waals surface area (Å²) in [7, 11) is 0. The second-order valence-electron chi connectivity index (χ2n) is 4.25. The molecule has 0 bridgehead atoms. The van der Waals surface area contributed by atoms with E-state index in [1.54, 1.807) is 0 Å². The molecule has 0 fully saturated rings. The Kier molecular flexibility index (Phi) is 3.53. The van der Waals surface area contributed by atoms with Gasteiger partial charge >= 0.3 is 0 Å². The zero-order valence-corrected chi connectivity index (χ0v) is 11.3. The van der Waals surface area contributed by atoms with E-state index in [0.717, 1.165) is 29.2 Å². The standard InChI is InChI=1S/C14H17ClN2/c1-4-13-10(2)16-17(11(13)3)9-12-7-5-6-8-14(12)15/h5-8H,4,9H2,1-3H3. The summed E-state index contributed by atoms with van der Waals surface area (Å²) in [6.45, 7) is 7.09. The fourth-order valence-corrected chi connectivity index (χ4v) is 2.38. The predicted molar refractivity (Wildman–Crippen MR) is 71.6 cm³/mol. The molecule has 0 saturated carbocycles. The maximum absolute atomic E-state index is 6.17. The number of aryl methyl sites for hydroxylation is 1. The molecule has 0 amide bonds. The van der Waals surface area contributed by atoms with Crippen molar-refractivity contribution >= 4 is 11.6 Å². The molecule has 0 unspecified atom stereocenters. The maximum Gasteiger partial charge on any atom is 0.0677 e. The molecule has 90 valence electrons. The van der Waals surface area contributed by atoms with Crippen LogP contribution in [0.3, 0.4) is 0 Å². The van der Waals surface area contributed by atoms with E-state index in [1.807, 2.05) is 28.9 Å². The third-order valence-electron chi connectivity index (χ3n) is 3.16. The lowest BCUT2D eigenvalue weighted by molar-refractivity contribution is 0.658. The lowest BCUT2D eigenvalue weighted by Gasteiger charge is -2.06. The van der Waals surface area contributed by atoms with E-state index in [1.165, 1.54) is 11.3 Å². The molecule has 0 radical (unpaired) electrons. The van der Waals surface area contributed by atoms with Crippen LogP contribution in [0.1, 0.15) is 29.4 Å². The van der Waals surface area contributed by atoms with Crippen LogP contribution in [0.25, 0.3) is 0 Å². The number of rotatable bonds is 3. The number of aromatic nitrogens is 2. The molecule has 1 heterocycles. The Bertz CT molecular complexity index is 529. The second kappa shape index (κ2) is 4.92. The molecule has 0 N–H and O–H groups in total. The SMILES string of the molecule is CCc1c(C)nn(Cc2ccccc2Cl)c1C. The molecule has 1 aromatic heterocycles. The Balaban J connectivity index is 2.34. The Morgan fingerprint density at radius 1 is 1.24 bits per heavy atom. The maximum atomic E-state index is 6.17. The van der Waals surface area contributed by atoms with Gasteiger partial charge in [0.2, 0.25) is 0 Å². The third kappa shape index (κ3) is 2.37. The van der Waals surface area contributed by atoms with Gasteiger partial charge in [-0.3, -0.25) is 4.68 Å². The number of nitrogens with zero attached hydrogens (tertiary/aromatic N) is 2. The summed E-state index contributed by atoms with van der Waals surface area (Å²) in [6, 6.07) is 7.92. The molecule has 2 rings (SSSR count). The Morgan fingerprint density at radius 2 is 1.94 bits per heavy atom. The molecule has 17 heavy (non-hydrogen) atoms. The Labute approximate surface area is 107 Å². The van der Waals surface area contributed by atoms with E-state index in [2.05, 4.69) is 25.9 Å². The van der Waals surface area contributed by atoms with Gasteiger partial charge in [0.25, 0.3) is 0 Å². The fourth-order valence-electron chi connectivity index (χ4n) is 2.19. The predicted octanol–water partition coefficient (Wildman–Crippen LogP) is 3.76. The first-order chi connectivity index (χ1) is 8.13. The number of hydrogen-bond donors (Lipinski definition) is 0. The van der Waals surface area contributed by atoms with Crippen molar-refractivity contribution in [3.63, 3.8) is 0 Å². The van der Waals surface area contributed by atoms with Crippen molar-refractivity contribution in [2.75, 3.05) is 0 Å². The average molecular weight is 249 g/mol. The molecule has 0 aliphatic heterocycles. The average Bonchev–Trinajstić information content (AvgIpc) is 2.57. The van der Waals surface area contributed by atoms with Gasteiger partial charge in [0.15, 0.2) is 0 Å². The van der Waals surface area contributed by atoms with E-state index in [0.29, 0.717) is 0 Å². The van der Waals surface area contributed by atoms with E-state index < -0.39 is 0 Å². The minimum atomic E-state index is 0.742. The summed E-state index contributed by atoms with van der Waals surface area (Å²) in [6.07, 6.45) is 1.03. The zero-order chi connectivity index (χ0) is 12.4. The summed E-state index contributed by atoms with van der Waals surface area (Å²) >= 11 is 6.17. The van der Waals surface area contributed by atoms with E-state index >= 15 is 0 Å².